The third kappa shape index (κ3) is 2.84. The third-order valence-electron chi connectivity index (χ3n) is 2.83. The molecular weight excluding hydrogens is 310 g/mol. The Hall–Kier alpha value is -0.650. The summed E-state index contributed by atoms with van der Waals surface area (Å²) in [5.74, 6) is 0. The zero-order valence-electron chi connectivity index (χ0n) is 10.7. The topological polar surface area (TPSA) is 29.9 Å². The Balaban J connectivity index is 2.39. The smallest absolute Gasteiger partial charge is 0.0767 e. The second-order valence-corrected chi connectivity index (χ2v) is 5.78. The lowest BCUT2D eigenvalue weighted by Crippen LogP contribution is -2.25. The van der Waals surface area contributed by atoms with Crippen molar-refractivity contribution in [2.75, 3.05) is 6.54 Å². The number of nitrogens with zero attached hydrogens (tertiary/aromatic N) is 2. The summed E-state index contributed by atoms with van der Waals surface area (Å²) in [4.78, 5) is 0. The molecule has 2 rings (SSSR count). The lowest BCUT2D eigenvalue weighted by molar-refractivity contribution is 0.520. The highest BCUT2D eigenvalue weighted by atomic mass is 79.9. The molecule has 0 aliphatic rings. The summed E-state index contributed by atoms with van der Waals surface area (Å²) in [5.41, 5.74) is 2.53. The molecule has 0 radical (unpaired) electrons. The van der Waals surface area contributed by atoms with Crippen molar-refractivity contribution in [1.82, 2.24) is 15.1 Å². The lowest BCUT2D eigenvalue weighted by Gasteiger charge is -2.19. The summed E-state index contributed by atoms with van der Waals surface area (Å²) in [7, 11) is 0. The van der Waals surface area contributed by atoms with Gasteiger partial charge in [0.2, 0.25) is 0 Å². The van der Waals surface area contributed by atoms with E-state index >= 15 is 0 Å². The van der Waals surface area contributed by atoms with Crippen molar-refractivity contribution in [3.8, 4) is 0 Å². The highest BCUT2D eigenvalue weighted by molar-refractivity contribution is 9.10. The molecule has 1 N–H and O–H groups in total. The zero-order valence-corrected chi connectivity index (χ0v) is 13.1. The van der Waals surface area contributed by atoms with Crippen molar-refractivity contribution in [2.24, 2.45) is 0 Å². The quantitative estimate of drug-likeness (QED) is 0.874. The number of halogens is 1. The van der Waals surface area contributed by atoms with Gasteiger partial charge in [-0.05, 0) is 51.3 Å². The van der Waals surface area contributed by atoms with Gasteiger partial charge in [0, 0.05) is 6.54 Å². The molecule has 0 bridgehead atoms. The van der Waals surface area contributed by atoms with E-state index in [1.165, 1.54) is 11.3 Å². The van der Waals surface area contributed by atoms with E-state index in [4.69, 9.17) is 0 Å². The molecule has 0 aliphatic carbocycles. The molecule has 5 heteroatoms. The first-order chi connectivity index (χ1) is 8.77. The molecule has 18 heavy (non-hydrogen) atoms. The van der Waals surface area contributed by atoms with Crippen LogP contribution >= 0.6 is 27.3 Å². The van der Waals surface area contributed by atoms with Crippen molar-refractivity contribution < 1.29 is 0 Å². The lowest BCUT2D eigenvalue weighted by atomic mass is 10.1. The van der Waals surface area contributed by atoms with Crippen LogP contribution in [-0.4, -0.2) is 16.3 Å². The van der Waals surface area contributed by atoms with E-state index < -0.39 is 0 Å². The van der Waals surface area contributed by atoms with Crippen LogP contribution < -0.4 is 5.32 Å². The Labute approximate surface area is 120 Å². The number of thiophene rings is 1. The maximum atomic E-state index is 4.45. The first-order valence-electron chi connectivity index (χ1n) is 6.24. The summed E-state index contributed by atoms with van der Waals surface area (Å²) in [5, 5.41) is 12.3. The van der Waals surface area contributed by atoms with Gasteiger partial charge in [0.25, 0.3) is 0 Å². The van der Waals surface area contributed by atoms with E-state index in [0.717, 1.165) is 24.0 Å². The molecule has 3 nitrogen and oxygen atoms in total. The van der Waals surface area contributed by atoms with Gasteiger partial charge in [0.15, 0.2) is 0 Å². The van der Waals surface area contributed by atoms with Gasteiger partial charge in [-0.25, -0.2) is 0 Å². The predicted octanol–water partition coefficient (Wildman–Crippen LogP) is 3.82. The molecule has 0 saturated heterocycles. The average Bonchev–Trinajstić information content (AvgIpc) is 2.98. The van der Waals surface area contributed by atoms with Gasteiger partial charge < -0.3 is 5.32 Å². The molecule has 0 amide bonds. The highest BCUT2D eigenvalue weighted by Gasteiger charge is 2.21. The van der Waals surface area contributed by atoms with E-state index in [2.05, 4.69) is 61.7 Å². The van der Waals surface area contributed by atoms with Crippen molar-refractivity contribution in [2.45, 2.75) is 32.9 Å². The van der Waals surface area contributed by atoms with Gasteiger partial charge in [-0.3, -0.25) is 4.68 Å². The standard InChI is InChI=1S/C13H18BrN3S/c1-3-6-17-13(11(14)8-16-17)12(15-4-2)10-5-7-18-9-10/h5,7-9,12,15H,3-4,6H2,1-2H3. The van der Waals surface area contributed by atoms with Crippen LogP contribution in [-0.2, 0) is 6.54 Å². The molecule has 0 aliphatic heterocycles. The fraction of sp³-hybridized carbons (Fsp3) is 0.462. The Bertz CT molecular complexity index is 478. The van der Waals surface area contributed by atoms with Crippen LogP contribution in [0.15, 0.2) is 27.5 Å². The largest absolute Gasteiger partial charge is 0.305 e. The van der Waals surface area contributed by atoms with Crippen LogP contribution in [0.1, 0.15) is 37.6 Å². The van der Waals surface area contributed by atoms with Gasteiger partial charge in [0.05, 0.1) is 22.4 Å². The molecule has 98 valence electrons. The fourth-order valence-electron chi connectivity index (χ4n) is 2.06. The first kappa shape index (κ1) is 13.8. The number of hydrogen-bond donors (Lipinski definition) is 1. The number of nitrogens with one attached hydrogen (secondary N) is 1. The van der Waals surface area contributed by atoms with Crippen LogP contribution in [0, 0.1) is 0 Å². The maximum absolute atomic E-state index is 4.45. The van der Waals surface area contributed by atoms with E-state index in [9.17, 15) is 0 Å². The summed E-state index contributed by atoms with van der Waals surface area (Å²) in [6, 6.07) is 2.39. The fourth-order valence-corrected chi connectivity index (χ4v) is 3.28. The molecular formula is C13H18BrN3S. The van der Waals surface area contributed by atoms with Crippen molar-refractivity contribution in [1.29, 1.82) is 0 Å². The minimum Gasteiger partial charge on any atom is -0.305 e. The summed E-state index contributed by atoms with van der Waals surface area (Å²) >= 11 is 5.35. The molecule has 2 heterocycles. The van der Waals surface area contributed by atoms with E-state index in [0.29, 0.717) is 0 Å². The second-order valence-electron chi connectivity index (χ2n) is 4.15. The molecule has 0 aromatic carbocycles. The molecule has 2 aromatic rings. The number of aryl methyl sites for hydroxylation is 1. The Morgan fingerprint density at radius 1 is 1.50 bits per heavy atom. The molecule has 2 aromatic heterocycles. The van der Waals surface area contributed by atoms with E-state index in [1.807, 2.05) is 6.20 Å². The van der Waals surface area contributed by atoms with Crippen molar-refractivity contribution >= 4 is 27.3 Å². The minimum atomic E-state index is 0.213. The summed E-state index contributed by atoms with van der Waals surface area (Å²) in [6.45, 7) is 6.19. The SMILES string of the molecule is CCCn1ncc(Br)c1C(NCC)c1ccsc1. The summed E-state index contributed by atoms with van der Waals surface area (Å²) < 4.78 is 3.17. The number of hydrogen-bond acceptors (Lipinski definition) is 3. The van der Waals surface area contributed by atoms with Crippen LogP contribution in [0.3, 0.4) is 0 Å². The molecule has 0 fully saturated rings. The number of aromatic nitrogens is 2. The zero-order chi connectivity index (χ0) is 13.0. The van der Waals surface area contributed by atoms with Gasteiger partial charge in [0.1, 0.15) is 0 Å². The van der Waals surface area contributed by atoms with Crippen LogP contribution in [0.5, 0.6) is 0 Å². The molecule has 0 spiro atoms. The van der Waals surface area contributed by atoms with Gasteiger partial charge in [-0.2, -0.15) is 16.4 Å². The third-order valence-corrected chi connectivity index (χ3v) is 4.14. The van der Waals surface area contributed by atoms with Gasteiger partial charge in [-0.15, -0.1) is 0 Å². The predicted molar refractivity (Wildman–Crippen MR) is 80.1 cm³/mol. The highest BCUT2D eigenvalue weighted by Crippen LogP contribution is 2.29. The van der Waals surface area contributed by atoms with Crippen molar-refractivity contribution in [3.05, 3.63) is 38.8 Å². The number of rotatable bonds is 6. The van der Waals surface area contributed by atoms with E-state index in [-0.39, 0.29) is 6.04 Å². The van der Waals surface area contributed by atoms with E-state index in [1.54, 1.807) is 11.3 Å². The Kier molecular flexibility index (Phi) is 4.97. The monoisotopic (exact) mass is 327 g/mol. The summed E-state index contributed by atoms with van der Waals surface area (Å²) in [6.07, 6.45) is 2.98. The second kappa shape index (κ2) is 6.50. The maximum Gasteiger partial charge on any atom is 0.0767 e. The van der Waals surface area contributed by atoms with Gasteiger partial charge in [-0.1, -0.05) is 13.8 Å². The Morgan fingerprint density at radius 3 is 2.94 bits per heavy atom. The van der Waals surface area contributed by atoms with Crippen LogP contribution in [0.25, 0.3) is 0 Å². The minimum absolute atomic E-state index is 0.213. The van der Waals surface area contributed by atoms with Crippen molar-refractivity contribution in [3.63, 3.8) is 0 Å². The first-order valence-corrected chi connectivity index (χ1v) is 7.98. The van der Waals surface area contributed by atoms with Gasteiger partial charge >= 0.3 is 0 Å². The molecule has 1 atom stereocenters. The Morgan fingerprint density at radius 2 is 2.33 bits per heavy atom. The normalized spacial score (nSPS) is 12.8. The van der Waals surface area contributed by atoms with Crippen LogP contribution in [0.2, 0.25) is 0 Å². The molecule has 1 unspecified atom stereocenters. The molecule has 0 saturated carbocycles. The van der Waals surface area contributed by atoms with Crippen LogP contribution in [0.4, 0.5) is 0 Å². The average molecular weight is 328 g/mol.